The van der Waals surface area contributed by atoms with Crippen LogP contribution in [0.15, 0.2) is 35.9 Å². The van der Waals surface area contributed by atoms with Gasteiger partial charge in [0.05, 0.1) is 6.07 Å². The molecule has 0 radical (unpaired) electrons. The molecule has 0 unspecified atom stereocenters. The number of hydrogen-bond donors (Lipinski definition) is 2. The molecule has 0 heterocycles. The predicted octanol–water partition coefficient (Wildman–Crippen LogP) is 3.61. The van der Waals surface area contributed by atoms with Crippen molar-refractivity contribution < 1.29 is 9.59 Å². The molecule has 0 saturated heterocycles. The summed E-state index contributed by atoms with van der Waals surface area (Å²) in [7, 11) is 0. The molecule has 0 bridgehead atoms. The van der Waals surface area contributed by atoms with Gasteiger partial charge in [-0.15, -0.1) is 0 Å². The highest BCUT2D eigenvalue weighted by molar-refractivity contribution is 6.00. The normalized spacial score (nSPS) is 15.0. The van der Waals surface area contributed by atoms with Gasteiger partial charge in [0.25, 0.3) is 0 Å². The van der Waals surface area contributed by atoms with E-state index in [0.29, 0.717) is 17.3 Å². The van der Waals surface area contributed by atoms with Crippen molar-refractivity contribution in [3.05, 3.63) is 35.9 Å². The maximum atomic E-state index is 12.1. The molecular formula is C18H21N3O2. The Kier molecular flexibility index (Phi) is 5.93. The van der Waals surface area contributed by atoms with Crippen LogP contribution in [-0.2, 0) is 9.59 Å². The van der Waals surface area contributed by atoms with Crippen LogP contribution in [0.1, 0.15) is 39.0 Å². The van der Waals surface area contributed by atoms with E-state index in [1.54, 1.807) is 36.4 Å². The third kappa shape index (κ3) is 5.26. The van der Waals surface area contributed by atoms with Crippen LogP contribution in [0.25, 0.3) is 0 Å². The summed E-state index contributed by atoms with van der Waals surface area (Å²) in [4.78, 5) is 23.5. The highest BCUT2D eigenvalue weighted by atomic mass is 16.2. The lowest BCUT2D eigenvalue weighted by molar-refractivity contribution is -0.115. The lowest BCUT2D eigenvalue weighted by atomic mass is 9.99. The maximum Gasteiger partial charge on any atom is 0.248 e. The van der Waals surface area contributed by atoms with E-state index in [-0.39, 0.29) is 18.2 Å². The number of nitriles is 1. The highest BCUT2D eigenvalue weighted by Gasteiger charge is 2.17. The van der Waals surface area contributed by atoms with Crippen LogP contribution in [0.3, 0.4) is 0 Å². The lowest BCUT2D eigenvalue weighted by Gasteiger charge is -2.10. The van der Waals surface area contributed by atoms with E-state index in [1.165, 1.54) is 12.8 Å². The van der Waals surface area contributed by atoms with Crippen molar-refractivity contribution in [2.24, 2.45) is 5.92 Å². The number of allylic oxidation sites excluding steroid dienone is 1. The van der Waals surface area contributed by atoms with Crippen LogP contribution in [0, 0.1) is 17.2 Å². The quantitative estimate of drug-likeness (QED) is 0.815. The molecule has 1 aromatic carbocycles. The minimum atomic E-state index is -0.368. The smallest absolute Gasteiger partial charge is 0.248 e. The highest BCUT2D eigenvalue weighted by Crippen LogP contribution is 2.30. The van der Waals surface area contributed by atoms with Crippen molar-refractivity contribution in [3.8, 4) is 6.07 Å². The Morgan fingerprint density at radius 3 is 2.57 bits per heavy atom. The summed E-state index contributed by atoms with van der Waals surface area (Å²) in [5, 5.41) is 13.9. The Balaban J connectivity index is 1.96. The lowest BCUT2D eigenvalue weighted by Crippen LogP contribution is -2.12. The minimum absolute atomic E-state index is 0.157. The molecule has 1 aliphatic rings. The Labute approximate surface area is 136 Å². The monoisotopic (exact) mass is 311 g/mol. The number of nitrogens with zero attached hydrogens (tertiary/aromatic N) is 1. The molecule has 1 aromatic rings. The Bertz CT molecular complexity index is 652. The third-order valence-corrected chi connectivity index (χ3v) is 4.01. The zero-order chi connectivity index (χ0) is 16.7. The molecule has 23 heavy (non-hydrogen) atoms. The fourth-order valence-corrected chi connectivity index (χ4v) is 2.84. The molecule has 120 valence electrons. The van der Waals surface area contributed by atoms with Crippen molar-refractivity contribution in [2.75, 3.05) is 10.6 Å². The number of rotatable bonds is 5. The largest absolute Gasteiger partial charge is 0.325 e. The van der Waals surface area contributed by atoms with Crippen molar-refractivity contribution in [1.29, 1.82) is 5.26 Å². The average molecular weight is 311 g/mol. The van der Waals surface area contributed by atoms with Crippen LogP contribution in [0.2, 0.25) is 0 Å². The second-order valence-electron chi connectivity index (χ2n) is 5.82. The first-order valence-electron chi connectivity index (χ1n) is 7.84. The van der Waals surface area contributed by atoms with Crippen molar-refractivity contribution in [3.63, 3.8) is 0 Å². The van der Waals surface area contributed by atoms with Gasteiger partial charge in [0.1, 0.15) is 6.42 Å². The van der Waals surface area contributed by atoms with Gasteiger partial charge >= 0.3 is 0 Å². The number of carbonyl (C=O) groups is 2. The van der Waals surface area contributed by atoms with E-state index < -0.39 is 0 Å². The molecule has 0 aliphatic heterocycles. The SMILES string of the molecule is C/C(=C\C(=O)Nc1cccc(NC(=O)CC#N)c1)C1CCCC1. The van der Waals surface area contributed by atoms with Crippen molar-refractivity contribution in [1.82, 2.24) is 0 Å². The fourth-order valence-electron chi connectivity index (χ4n) is 2.84. The molecule has 0 spiro atoms. The van der Waals surface area contributed by atoms with Gasteiger partial charge < -0.3 is 10.6 Å². The van der Waals surface area contributed by atoms with Gasteiger partial charge in [-0.2, -0.15) is 5.26 Å². The Morgan fingerprint density at radius 2 is 1.91 bits per heavy atom. The first kappa shape index (κ1) is 16.8. The van der Waals surface area contributed by atoms with E-state index >= 15 is 0 Å². The van der Waals surface area contributed by atoms with Gasteiger partial charge in [0.15, 0.2) is 0 Å². The van der Waals surface area contributed by atoms with E-state index in [4.69, 9.17) is 5.26 Å². The van der Waals surface area contributed by atoms with E-state index in [1.807, 2.05) is 6.92 Å². The minimum Gasteiger partial charge on any atom is -0.325 e. The standard InChI is InChI=1S/C18H21N3O2/c1-13(14-5-2-3-6-14)11-18(23)21-16-8-4-7-15(12-16)20-17(22)9-10-19/h4,7-8,11-12,14H,2-3,5-6,9H2,1H3,(H,20,22)(H,21,23)/b13-11+. The summed E-state index contributed by atoms with van der Waals surface area (Å²) in [6.45, 7) is 2.01. The Hall–Kier alpha value is -2.61. The molecule has 5 nitrogen and oxygen atoms in total. The fraction of sp³-hybridized carbons (Fsp3) is 0.389. The summed E-state index contributed by atoms with van der Waals surface area (Å²) in [6.07, 6.45) is 6.27. The summed E-state index contributed by atoms with van der Waals surface area (Å²) in [6, 6.07) is 8.68. The number of anilines is 2. The van der Waals surface area contributed by atoms with Crippen LogP contribution in [0.5, 0.6) is 0 Å². The first-order valence-corrected chi connectivity index (χ1v) is 7.84. The van der Waals surface area contributed by atoms with Gasteiger partial charge in [-0.1, -0.05) is 24.5 Å². The molecule has 1 saturated carbocycles. The number of benzene rings is 1. The summed E-state index contributed by atoms with van der Waals surface area (Å²) in [5.41, 5.74) is 2.29. The van der Waals surface area contributed by atoms with E-state index in [0.717, 1.165) is 18.4 Å². The average Bonchev–Trinajstić information content (AvgIpc) is 3.01. The number of hydrogen-bond acceptors (Lipinski definition) is 3. The molecule has 2 N–H and O–H groups in total. The van der Waals surface area contributed by atoms with Gasteiger partial charge in [0, 0.05) is 17.5 Å². The number of carbonyl (C=O) groups excluding carboxylic acids is 2. The molecule has 2 rings (SSSR count). The van der Waals surface area contributed by atoms with Crippen molar-refractivity contribution >= 4 is 23.2 Å². The molecule has 2 amide bonds. The molecule has 1 fully saturated rings. The number of amides is 2. The maximum absolute atomic E-state index is 12.1. The molecule has 5 heteroatoms. The second kappa shape index (κ2) is 8.14. The van der Waals surface area contributed by atoms with Crippen LogP contribution < -0.4 is 10.6 Å². The van der Waals surface area contributed by atoms with Crippen LogP contribution >= 0.6 is 0 Å². The van der Waals surface area contributed by atoms with E-state index in [9.17, 15) is 9.59 Å². The van der Waals surface area contributed by atoms with Gasteiger partial charge in [-0.05, 0) is 43.9 Å². The second-order valence-corrected chi connectivity index (χ2v) is 5.82. The van der Waals surface area contributed by atoms with Crippen LogP contribution in [0.4, 0.5) is 11.4 Å². The summed E-state index contributed by atoms with van der Waals surface area (Å²) < 4.78 is 0. The molecular weight excluding hydrogens is 290 g/mol. The molecule has 0 atom stereocenters. The molecule has 1 aliphatic carbocycles. The Morgan fingerprint density at radius 1 is 1.26 bits per heavy atom. The zero-order valence-electron chi connectivity index (χ0n) is 13.3. The third-order valence-electron chi connectivity index (χ3n) is 4.01. The first-order chi connectivity index (χ1) is 11.1. The summed E-state index contributed by atoms with van der Waals surface area (Å²) >= 11 is 0. The molecule has 0 aromatic heterocycles. The topological polar surface area (TPSA) is 82.0 Å². The van der Waals surface area contributed by atoms with Gasteiger partial charge in [-0.3, -0.25) is 9.59 Å². The van der Waals surface area contributed by atoms with Crippen molar-refractivity contribution in [2.45, 2.75) is 39.0 Å². The van der Waals surface area contributed by atoms with E-state index in [2.05, 4.69) is 10.6 Å². The predicted molar refractivity (Wildman–Crippen MR) is 89.6 cm³/mol. The van der Waals surface area contributed by atoms with Gasteiger partial charge in [-0.25, -0.2) is 0 Å². The zero-order valence-corrected chi connectivity index (χ0v) is 13.3. The van der Waals surface area contributed by atoms with Crippen LogP contribution in [-0.4, -0.2) is 11.8 Å². The number of nitrogens with one attached hydrogen (secondary N) is 2. The van der Waals surface area contributed by atoms with Gasteiger partial charge in [0.2, 0.25) is 11.8 Å². The summed E-state index contributed by atoms with van der Waals surface area (Å²) in [5.74, 6) is 0.000191.